The molecule has 2 saturated carbocycles. The minimum Gasteiger partial charge on any atom is -0.491 e. The third-order valence-electron chi connectivity index (χ3n) is 4.09. The molecule has 1 aromatic carbocycles. The van der Waals surface area contributed by atoms with Crippen molar-refractivity contribution in [3.63, 3.8) is 0 Å². The van der Waals surface area contributed by atoms with E-state index in [0.29, 0.717) is 30.0 Å². The number of ether oxygens (including phenoxy) is 1. The summed E-state index contributed by atoms with van der Waals surface area (Å²) in [6.07, 6.45) is 4.92. The standard InChI is InChI=1S/C16H22ClNO2/c17-13-2-1-3-15(8-13)20-10-14(19)9-18-16(11-4-5-11)12-6-7-12/h1-3,8,11-12,14,16,18-19H,4-7,9-10H2. The number of hydrogen-bond donors (Lipinski definition) is 2. The highest BCUT2D eigenvalue weighted by Gasteiger charge is 2.41. The van der Waals surface area contributed by atoms with Crippen LogP contribution < -0.4 is 10.1 Å². The fraction of sp³-hybridized carbons (Fsp3) is 0.625. The van der Waals surface area contributed by atoms with Gasteiger partial charge in [0.25, 0.3) is 0 Å². The molecule has 2 N–H and O–H groups in total. The molecule has 0 radical (unpaired) electrons. The van der Waals surface area contributed by atoms with Crippen molar-refractivity contribution in [3.05, 3.63) is 29.3 Å². The molecule has 3 nitrogen and oxygen atoms in total. The first-order chi connectivity index (χ1) is 9.72. The predicted octanol–water partition coefficient (Wildman–Crippen LogP) is 2.86. The third kappa shape index (κ3) is 4.11. The molecule has 2 fully saturated rings. The summed E-state index contributed by atoms with van der Waals surface area (Å²) in [6, 6.07) is 7.89. The van der Waals surface area contributed by atoms with Crippen molar-refractivity contribution < 1.29 is 9.84 Å². The topological polar surface area (TPSA) is 41.5 Å². The lowest BCUT2D eigenvalue weighted by molar-refractivity contribution is 0.102. The molecule has 0 heterocycles. The van der Waals surface area contributed by atoms with Gasteiger partial charge in [-0.05, 0) is 55.7 Å². The Morgan fingerprint density at radius 1 is 1.25 bits per heavy atom. The Bertz CT molecular complexity index is 434. The van der Waals surface area contributed by atoms with Crippen LogP contribution in [0, 0.1) is 11.8 Å². The van der Waals surface area contributed by atoms with Crippen LogP contribution in [0.5, 0.6) is 5.75 Å². The summed E-state index contributed by atoms with van der Waals surface area (Å²) in [5.74, 6) is 2.41. The number of rotatable bonds is 8. The number of halogens is 1. The van der Waals surface area contributed by atoms with E-state index in [2.05, 4.69) is 5.32 Å². The van der Waals surface area contributed by atoms with E-state index in [9.17, 15) is 5.11 Å². The van der Waals surface area contributed by atoms with Gasteiger partial charge in [0.2, 0.25) is 0 Å². The van der Waals surface area contributed by atoms with Crippen LogP contribution in [0.1, 0.15) is 25.7 Å². The third-order valence-corrected chi connectivity index (χ3v) is 4.32. The van der Waals surface area contributed by atoms with Crippen molar-refractivity contribution in [2.75, 3.05) is 13.2 Å². The normalized spacial score (nSPS) is 20.1. The molecule has 0 spiro atoms. The van der Waals surface area contributed by atoms with Crippen LogP contribution >= 0.6 is 11.6 Å². The lowest BCUT2D eigenvalue weighted by atomic mass is 10.1. The summed E-state index contributed by atoms with van der Waals surface area (Å²) in [5, 5.41) is 14.2. The van der Waals surface area contributed by atoms with Gasteiger partial charge in [-0.3, -0.25) is 0 Å². The summed E-state index contributed by atoms with van der Waals surface area (Å²) < 4.78 is 5.56. The van der Waals surface area contributed by atoms with Gasteiger partial charge in [0, 0.05) is 17.6 Å². The monoisotopic (exact) mass is 295 g/mol. The summed E-state index contributed by atoms with van der Waals surface area (Å²) >= 11 is 5.89. The lowest BCUT2D eigenvalue weighted by Gasteiger charge is -2.20. The highest BCUT2D eigenvalue weighted by molar-refractivity contribution is 6.30. The van der Waals surface area contributed by atoms with Gasteiger partial charge >= 0.3 is 0 Å². The van der Waals surface area contributed by atoms with Gasteiger partial charge in [-0.1, -0.05) is 17.7 Å². The first kappa shape index (κ1) is 14.2. The highest BCUT2D eigenvalue weighted by Crippen LogP contribution is 2.44. The second-order valence-corrected chi connectivity index (χ2v) is 6.47. The lowest BCUT2D eigenvalue weighted by Crippen LogP contribution is -2.40. The van der Waals surface area contributed by atoms with Crippen LogP contribution in [0.25, 0.3) is 0 Å². The summed E-state index contributed by atoms with van der Waals surface area (Å²) in [7, 11) is 0. The Hall–Kier alpha value is -0.770. The number of aliphatic hydroxyl groups is 1. The zero-order chi connectivity index (χ0) is 13.9. The fourth-order valence-electron chi connectivity index (χ4n) is 2.71. The molecule has 4 heteroatoms. The van der Waals surface area contributed by atoms with Crippen LogP contribution in [0.15, 0.2) is 24.3 Å². The molecular weight excluding hydrogens is 274 g/mol. The maximum Gasteiger partial charge on any atom is 0.120 e. The molecule has 3 rings (SSSR count). The Labute approximate surface area is 125 Å². The summed E-state index contributed by atoms with van der Waals surface area (Å²) in [6.45, 7) is 0.910. The minimum absolute atomic E-state index is 0.301. The smallest absolute Gasteiger partial charge is 0.120 e. The molecule has 0 saturated heterocycles. The molecule has 0 bridgehead atoms. The van der Waals surface area contributed by atoms with E-state index in [1.54, 1.807) is 6.07 Å². The molecule has 2 aliphatic rings. The largest absolute Gasteiger partial charge is 0.491 e. The van der Waals surface area contributed by atoms with Gasteiger partial charge in [-0.15, -0.1) is 0 Å². The van der Waals surface area contributed by atoms with Crippen LogP contribution in [-0.4, -0.2) is 30.4 Å². The molecule has 1 unspecified atom stereocenters. The van der Waals surface area contributed by atoms with Gasteiger partial charge in [-0.2, -0.15) is 0 Å². The number of benzene rings is 1. The molecular formula is C16H22ClNO2. The zero-order valence-corrected chi connectivity index (χ0v) is 12.4. The molecule has 1 atom stereocenters. The first-order valence-corrected chi connectivity index (χ1v) is 7.90. The van der Waals surface area contributed by atoms with Crippen molar-refractivity contribution in [1.29, 1.82) is 0 Å². The fourth-order valence-corrected chi connectivity index (χ4v) is 2.89. The Morgan fingerprint density at radius 2 is 1.95 bits per heavy atom. The van der Waals surface area contributed by atoms with Gasteiger partial charge < -0.3 is 15.2 Å². The average molecular weight is 296 g/mol. The van der Waals surface area contributed by atoms with Crippen LogP contribution in [-0.2, 0) is 0 Å². The van der Waals surface area contributed by atoms with Crippen LogP contribution in [0.4, 0.5) is 0 Å². The SMILES string of the molecule is OC(CNC(C1CC1)C1CC1)COc1cccc(Cl)c1. The van der Waals surface area contributed by atoms with Crippen molar-refractivity contribution in [2.45, 2.75) is 37.8 Å². The van der Waals surface area contributed by atoms with E-state index in [-0.39, 0.29) is 0 Å². The number of aliphatic hydroxyl groups excluding tert-OH is 1. The van der Waals surface area contributed by atoms with Gasteiger partial charge in [0.1, 0.15) is 18.5 Å². The molecule has 110 valence electrons. The van der Waals surface area contributed by atoms with E-state index < -0.39 is 6.10 Å². The van der Waals surface area contributed by atoms with Crippen molar-refractivity contribution >= 4 is 11.6 Å². The second kappa shape index (κ2) is 6.33. The predicted molar refractivity (Wildman–Crippen MR) is 80.2 cm³/mol. The maximum absolute atomic E-state index is 10.0. The van der Waals surface area contributed by atoms with Crippen molar-refractivity contribution in [3.8, 4) is 5.75 Å². The van der Waals surface area contributed by atoms with Crippen molar-refractivity contribution in [1.82, 2.24) is 5.32 Å². The summed E-state index contributed by atoms with van der Waals surface area (Å²) in [4.78, 5) is 0. The molecule has 1 aromatic rings. The zero-order valence-electron chi connectivity index (χ0n) is 11.6. The molecule has 0 aliphatic heterocycles. The Kier molecular flexibility index (Phi) is 4.49. The maximum atomic E-state index is 10.0. The molecule has 2 aliphatic carbocycles. The molecule has 0 amide bonds. The molecule has 20 heavy (non-hydrogen) atoms. The second-order valence-electron chi connectivity index (χ2n) is 6.03. The number of nitrogens with one attached hydrogen (secondary N) is 1. The van der Waals surface area contributed by atoms with Gasteiger partial charge in [0.05, 0.1) is 0 Å². The van der Waals surface area contributed by atoms with E-state index in [1.807, 2.05) is 18.2 Å². The quantitative estimate of drug-likeness (QED) is 0.775. The first-order valence-electron chi connectivity index (χ1n) is 7.52. The highest BCUT2D eigenvalue weighted by atomic mass is 35.5. The van der Waals surface area contributed by atoms with Crippen molar-refractivity contribution in [2.24, 2.45) is 11.8 Å². The number of hydrogen-bond acceptors (Lipinski definition) is 3. The van der Waals surface area contributed by atoms with Gasteiger partial charge in [0.15, 0.2) is 0 Å². The Morgan fingerprint density at radius 3 is 2.55 bits per heavy atom. The Balaban J connectivity index is 1.39. The van der Waals surface area contributed by atoms with E-state index >= 15 is 0 Å². The van der Waals surface area contributed by atoms with Crippen LogP contribution in [0.3, 0.4) is 0 Å². The minimum atomic E-state index is -0.478. The van der Waals surface area contributed by atoms with E-state index in [0.717, 1.165) is 11.8 Å². The molecule has 0 aromatic heterocycles. The van der Waals surface area contributed by atoms with E-state index in [1.165, 1.54) is 25.7 Å². The average Bonchev–Trinajstić information content (AvgIpc) is 3.29. The van der Waals surface area contributed by atoms with Gasteiger partial charge in [-0.25, -0.2) is 0 Å². The summed E-state index contributed by atoms with van der Waals surface area (Å²) in [5.41, 5.74) is 0. The van der Waals surface area contributed by atoms with Crippen LogP contribution in [0.2, 0.25) is 5.02 Å². The van der Waals surface area contributed by atoms with E-state index in [4.69, 9.17) is 16.3 Å².